The maximum Gasteiger partial charge on any atom is 0.119 e. The Labute approximate surface area is 109 Å². The van der Waals surface area contributed by atoms with Gasteiger partial charge in [-0.3, -0.25) is 0 Å². The minimum Gasteiger partial charge on any atom is -0.497 e. The van der Waals surface area contributed by atoms with E-state index in [-0.39, 0.29) is 6.04 Å². The standard InChI is InChI=1S/C14H23NOS/c1-10(2)8-17-9-14(15)13-6-5-12(16-4)7-11(13)3/h5-7,10,14H,8-9,15H2,1-4H3. The van der Waals surface area contributed by atoms with Crippen LogP contribution in [0.3, 0.4) is 0 Å². The first-order valence-electron chi connectivity index (χ1n) is 6.02. The summed E-state index contributed by atoms with van der Waals surface area (Å²) in [5.74, 6) is 3.77. The van der Waals surface area contributed by atoms with Crippen molar-refractivity contribution < 1.29 is 4.74 Å². The Balaban J connectivity index is 2.59. The normalized spacial score (nSPS) is 12.8. The molecule has 1 unspecified atom stereocenters. The summed E-state index contributed by atoms with van der Waals surface area (Å²) < 4.78 is 5.20. The van der Waals surface area contributed by atoms with Crippen molar-refractivity contribution in [3.8, 4) is 5.75 Å². The van der Waals surface area contributed by atoms with Crippen molar-refractivity contribution in [2.45, 2.75) is 26.8 Å². The maximum absolute atomic E-state index is 6.21. The number of rotatable bonds is 6. The summed E-state index contributed by atoms with van der Waals surface area (Å²) in [7, 11) is 1.69. The molecule has 0 heterocycles. The van der Waals surface area contributed by atoms with E-state index in [4.69, 9.17) is 10.5 Å². The Morgan fingerprint density at radius 3 is 2.53 bits per heavy atom. The quantitative estimate of drug-likeness (QED) is 0.844. The molecule has 0 amide bonds. The summed E-state index contributed by atoms with van der Waals surface area (Å²) in [6.45, 7) is 6.55. The van der Waals surface area contributed by atoms with Crippen LogP contribution in [-0.4, -0.2) is 18.6 Å². The van der Waals surface area contributed by atoms with Crippen molar-refractivity contribution >= 4 is 11.8 Å². The van der Waals surface area contributed by atoms with Crippen molar-refractivity contribution in [3.63, 3.8) is 0 Å². The van der Waals surface area contributed by atoms with Crippen molar-refractivity contribution in [2.24, 2.45) is 11.7 Å². The van der Waals surface area contributed by atoms with E-state index in [0.717, 1.165) is 17.4 Å². The summed E-state index contributed by atoms with van der Waals surface area (Å²) >= 11 is 1.93. The SMILES string of the molecule is COc1ccc(C(N)CSCC(C)C)c(C)c1. The van der Waals surface area contributed by atoms with E-state index in [1.807, 2.05) is 23.9 Å². The molecule has 1 rings (SSSR count). The molecule has 17 heavy (non-hydrogen) atoms. The predicted octanol–water partition coefficient (Wildman–Crippen LogP) is 3.39. The molecule has 0 radical (unpaired) electrons. The van der Waals surface area contributed by atoms with Gasteiger partial charge in [-0.05, 0) is 41.9 Å². The summed E-state index contributed by atoms with van der Waals surface area (Å²) in [6, 6.07) is 6.22. The number of ether oxygens (including phenoxy) is 1. The molecule has 0 fully saturated rings. The van der Waals surface area contributed by atoms with Crippen LogP contribution in [0.2, 0.25) is 0 Å². The number of thioether (sulfide) groups is 1. The molecule has 3 heteroatoms. The second-order valence-corrected chi connectivity index (χ2v) is 5.84. The lowest BCUT2D eigenvalue weighted by Crippen LogP contribution is -2.15. The van der Waals surface area contributed by atoms with Gasteiger partial charge in [0.15, 0.2) is 0 Å². The van der Waals surface area contributed by atoms with E-state index >= 15 is 0 Å². The Hall–Kier alpha value is -0.670. The van der Waals surface area contributed by atoms with Crippen molar-refractivity contribution in [3.05, 3.63) is 29.3 Å². The average Bonchev–Trinajstić information content (AvgIpc) is 2.28. The van der Waals surface area contributed by atoms with E-state index in [1.54, 1.807) is 7.11 Å². The fourth-order valence-corrected chi connectivity index (χ4v) is 2.75. The van der Waals surface area contributed by atoms with Gasteiger partial charge in [-0.2, -0.15) is 11.8 Å². The third-order valence-corrected chi connectivity index (χ3v) is 4.12. The fraction of sp³-hybridized carbons (Fsp3) is 0.571. The number of benzene rings is 1. The Bertz CT molecular complexity index is 352. The Kier molecular flexibility index (Phi) is 5.86. The van der Waals surface area contributed by atoms with Gasteiger partial charge < -0.3 is 10.5 Å². The van der Waals surface area contributed by atoms with E-state index in [9.17, 15) is 0 Å². The van der Waals surface area contributed by atoms with Crippen molar-refractivity contribution in [2.75, 3.05) is 18.6 Å². The smallest absolute Gasteiger partial charge is 0.119 e. The molecule has 0 aromatic heterocycles. The zero-order valence-electron chi connectivity index (χ0n) is 11.2. The van der Waals surface area contributed by atoms with Crippen LogP contribution >= 0.6 is 11.8 Å². The van der Waals surface area contributed by atoms with Crippen LogP contribution in [0, 0.1) is 12.8 Å². The van der Waals surface area contributed by atoms with Crippen LogP contribution in [0.15, 0.2) is 18.2 Å². The first-order chi connectivity index (χ1) is 8.04. The lowest BCUT2D eigenvalue weighted by atomic mass is 10.0. The monoisotopic (exact) mass is 253 g/mol. The molecular formula is C14H23NOS. The van der Waals surface area contributed by atoms with Gasteiger partial charge in [0.25, 0.3) is 0 Å². The second kappa shape index (κ2) is 6.92. The van der Waals surface area contributed by atoms with Gasteiger partial charge in [-0.25, -0.2) is 0 Å². The topological polar surface area (TPSA) is 35.2 Å². The van der Waals surface area contributed by atoms with Gasteiger partial charge in [0, 0.05) is 11.8 Å². The maximum atomic E-state index is 6.21. The zero-order chi connectivity index (χ0) is 12.8. The predicted molar refractivity (Wildman–Crippen MR) is 76.8 cm³/mol. The lowest BCUT2D eigenvalue weighted by Gasteiger charge is -2.16. The largest absolute Gasteiger partial charge is 0.497 e. The molecule has 0 bridgehead atoms. The fourth-order valence-electron chi connectivity index (χ4n) is 1.71. The number of hydrogen-bond donors (Lipinski definition) is 1. The minimum atomic E-state index is 0.115. The highest BCUT2D eigenvalue weighted by molar-refractivity contribution is 7.99. The van der Waals surface area contributed by atoms with Crippen molar-refractivity contribution in [1.82, 2.24) is 0 Å². The third-order valence-electron chi connectivity index (χ3n) is 2.63. The van der Waals surface area contributed by atoms with Gasteiger partial charge in [0.1, 0.15) is 5.75 Å². The Morgan fingerprint density at radius 2 is 2.00 bits per heavy atom. The summed E-state index contributed by atoms with van der Waals surface area (Å²) in [4.78, 5) is 0. The number of aryl methyl sites for hydroxylation is 1. The van der Waals surface area contributed by atoms with Crippen LogP contribution < -0.4 is 10.5 Å². The van der Waals surface area contributed by atoms with Crippen LogP contribution in [0.1, 0.15) is 31.0 Å². The zero-order valence-corrected chi connectivity index (χ0v) is 12.0. The Morgan fingerprint density at radius 1 is 1.29 bits per heavy atom. The van der Waals surface area contributed by atoms with E-state index in [2.05, 4.69) is 26.8 Å². The molecular weight excluding hydrogens is 230 g/mol. The molecule has 0 saturated heterocycles. The van der Waals surface area contributed by atoms with Crippen LogP contribution in [-0.2, 0) is 0 Å². The first kappa shape index (κ1) is 14.4. The third kappa shape index (κ3) is 4.60. The highest BCUT2D eigenvalue weighted by Crippen LogP contribution is 2.24. The molecule has 0 aliphatic heterocycles. The summed E-state index contributed by atoms with van der Waals surface area (Å²) in [6.07, 6.45) is 0. The molecule has 0 aliphatic rings. The number of nitrogens with two attached hydrogens (primary N) is 1. The summed E-state index contributed by atoms with van der Waals surface area (Å²) in [5, 5.41) is 0. The first-order valence-corrected chi connectivity index (χ1v) is 7.18. The van der Waals surface area contributed by atoms with Gasteiger partial charge in [-0.15, -0.1) is 0 Å². The van der Waals surface area contributed by atoms with Gasteiger partial charge >= 0.3 is 0 Å². The van der Waals surface area contributed by atoms with E-state index in [0.29, 0.717) is 0 Å². The van der Waals surface area contributed by atoms with Gasteiger partial charge in [0.05, 0.1) is 7.11 Å². The number of hydrogen-bond acceptors (Lipinski definition) is 3. The molecule has 2 N–H and O–H groups in total. The van der Waals surface area contributed by atoms with Crippen LogP contribution in [0.4, 0.5) is 0 Å². The molecule has 0 spiro atoms. The second-order valence-electron chi connectivity index (χ2n) is 4.76. The number of methoxy groups -OCH3 is 1. The average molecular weight is 253 g/mol. The van der Waals surface area contributed by atoms with E-state index < -0.39 is 0 Å². The molecule has 1 aromatic rings. The molecule has 0 aliphatic carbocycles. The molecule has 2 nitrogen and oxygen atoms in total. The van der Waals surface area contributed by atoms with Gasteiger partial charge in [0.2, 0.25) is 0 Å². The van der Waals surface area contributed by atoms with Crippen molar-refractivity contribution in [1.29, 1.82) is 0 Å². The van der Waals surface area contributed by atoms with Crippen LogP contribution in [0.25, 0.3) is 0 Å². The minimum absolute atomic E-state index is 0.115. The lowest BCUT2D eigenvalue weighted by molar-refractivity contribution is 0.414. The molecule has 0 saturated carbocycles. The highest BCUT2D eigenvalue weighted by Gasteiger charge is 2.10. The van der Waals surface area contributed by atoms with Crippen LogP contribution in [0.5, 0.6) is 5.75 Å². The molecule has 96 valence electrons. The van der Waals surface area contributed by atoms with E-state index in [1.165, 1.54) is 16.9 Å². The molecule has 1 atom stereocenters. The van der Waals surface area contributed by atoms with Gasteiger partial charge in [-0.1, -0.05) is 19.9 Å². The molecule has 1 aromatic carbocycles. The summed E-state index contributed by atoms with van der Waals surface area (Å²) in [5.41, 5.74) is 8.65. The highest BCUT2D eigenvalue weighted by atomic mass is 32.2.